The molecule has 1 spiro atoms. The molecular formula is C18H28N4OS. The van der Waals surface area contributed by atoms with Crippen molar-refractivity contribution in [1.82, 2.24) is 5.32 Å². The van der Waals surface area contributed by atoms with Gasteiger partial charge in [-0.1, -0.05) is 13.8 Å². The number of aryl methyl sites for hydroxylation is 1. The summed E-state index contributed by atoms with van der Waals surface area (Å²) < 4.78 is 6.51. The molecular weight excluding hydrogens is 320 g/mol. The molecule has 0 amide bonds. The van der Waals surface area contributed by atoms with E-state index < -0.39 is 0 Å². The van der Waals surface area contributed by atoms with E-state index in [4.69, 9.17) is 10.6 Å². The van der Waals surface area contributed by atoms with Crippen LogP contribution >= 0.6 is 11.3 Å². The number of fused-ring (bicyclic) bond motifs is 2. The molecule has 132 valence electrons. The van der Waals surface area contributed by atoms with Gasteiger partial charge in [-0.25, -0.2) is 0 Å². The summed E-state index contributed by atoms with van der Waals surface area (Å²) in [5.74, 6) is 6.08. The molecule has 2 aliphatic heterocycles. The predicted octanol–water partition coefficient (Wildman–Crippen LogP) is 2.80. The third kappa shape index (κ3) is 3.03. The number of hydrazone groups is 1. The smallest absolute Gasteiger partial charge is 0.106 e. The highest BCUT2D eigenvalue weighted by Crippen LogP contribution is 2.49. The van der Waals surface area contributed by atoms with Gasteiger partial charge in [0, 0.05) is 41.4 Å². The zero-order valence-corrected chi connectivity index (χ0v) is 15.8. The molecule has 1 saturated heterocycles. The Morgan fingerprint density at radius 3 is 2.96 bits per heavy atom. The van der Waals surface area contributed by atoms with Crippen LogP contribution in [0.4, 0.5) is 0 Å². The number of hydrogen-bond donors (Lipinski definition) is 2. The van der Waals surface area contributed by atoms with Gasteiger partial charge in [0.25, 0.3) is 0 Å². The fraction of sp³-hybridized carbons (Fsp3) is 0.667. The average molecular weight is 349 g/mol. The second-order valence-electron chi connectivity index (χ2n) is 7.03. The van der Waals surface area contributed by atoms with Gasteiger partial charge < -0.3 is 15.9 Å². The summed E-state index contributed by atoms with van der Waals surface area (Å²) in [6.45, 7) is 7.47. The SMILES string of the molecule is CCc1cc2c(s1)[C@]1(C[C@@H](C(C=NC)=NN)N[C@@H](C)C1)OCC2C. The number of hydrogen-bond acceptors (Lipinski definition) is 6. The molecule has 3 N–H and O–H groups in total. The number of thiophene rings is 1. The van der Waals surface area contributed by atoms with E-state index in [0.29, 0.717) is 12.0 Å². The maximum Gasteiger partial charge on any atom is 0.106 e. The summed E-state index contributed by atoms with van der Waals surface area (Å²) >= 11 is 1.92. The van der Waals surface area contributed by atoms with Crippen LogP contribution in [0.5, 0.6) is 0 Å². The van der Waals surface area contributed by atoms with E-state index in [1.165, 1.54) is 15.3 Å². The van der Waals surface area contributed by atoms with Crippen LogP contribution in [-0.2, 0) is 16.8 Å². The van der Waals surface area contributed by atoms with Crippen LogP contribution in [0.15, 0.2) is 16.2 Å². The molecule has 6 heteroatoms. The minimum absolute atomic E-state index is 0.0656. The van der Waals surface area contributed by atoms with Crippen LogP contribution in [0.25, 0.3) is 0 Å². The van der Waals surface area contributed by atoms with Crippen LogP contribution in [0.3, 0.4) is 0 Å². The zero-order valence-electron chi connectivity index (χ0n) is 15.0. The van der Waals surface area contributed by atoms with Crippen LogP contribution < -0.4 is 11.2 Å². The number of nitrogens with one attached hydrogen (secondary N) is 1. The summed E-state index contributed by atoms with van der Waals surface area (Å²) in [6.07, 6.45) is 4.66. The molecule has 3 heterocycles. The molecule has 0 radical (unpaired) electrons. The van der Waals surface area contributed by atoms with Gasteiger partial charge in [-0.2, -0.15) is 5.10 Å². The Morgan fingerprint density at radius 1 is 1.50 bits per heavy atom. The lowest BCUT2D eigenvalue weighted by molar-refractivity contribution is -0.0959. The van der Waals surface area contributed by atoms with E-state index >= 15 is 0 Å². The molecule has 1 aromatic rings. The van der Waals surface area contributed by atoms with Crippen molar-refractivity contribution >= 4 is 23.3 Å². The summed E-state index contributed by atoms with van der Waals surface area (Å²) in [5.41, 5.74) is 2.04. The predicted molar refractivity (Wildman–Crippen MR) is 101 cm³/mol. The molecule has 0 aromatic carbocycles. The second kappa shape index (κ2) is 6.94. The van der Waals surface area contributed by atoms with Gasteiger partial charge in [0.15, 0.2) is 0 Å². The summed E-state index contributed by atoms with van der Waals surface area (Å²) in [6, 6.07) is 2.79. The maximum atomic E-state index is 6.51. The van der Waals surface area contributed by atoms with Gasteiger partial charge in [0.05, 0.1) is 18.4 Å². The van der Waals surface area contributed by atoms with Gasteiger partial charge in [-0.3, -0.25) is 4.99 Å². The van der Waals surface area contributed by atoms with Crippen molar-refractivity contribution < 1.29 is 4.74 Å². The highest BCUT2D eigenvalue weighted by Gasteiger charge is 2.47. The third-order valence-electron chi connectivity index (χ3n) is 5.14. The lowest BCUT2D eigenvalue weighted by atomic mass is 9.77. The van der Waals surface area contributed by atoms with Crippen molar-refractivity contribution in [3.63, 3.8) is 0 Å². The van der Waals surface area contributed by atoms with Crippen LogP contribution in [0.1, 0.15) is 54.8 Å². The first-order valence-corrected chi connectivity index (χ1v) is 9.57. The first-order valence-electron chi connectivity index (χ1n) is 8.76. The average Bonchev–Trinajstić information content (AvgIpc) is 3.02. The fourth-order valence-electron chi connectivity index (χ4n) is 4.00. The Morgan fingerprint density at radius 2 is 2.29 bits per heavy atom. The molecule has 1 fully saturated rings. The molecule has 1 aromatic heterocycles. The Bertz CT molecular complexity index is 653. The van der Waals surface area contributed by atoms with Gasteiger partial charge in [0.2, 0.25) is 0 Å². The first kappa shape index (κ1) is 17.6. The summed E-state index contributed by atoms with van der Waals surface area (Å²) in [4.78, 5) is 6.96. The standard InChI is InChI=1S/C18H28N4OS/c1-5-13-6-14-11(2)10-23-18(17(14)24-13)7-12(3)21-15(8-18)16(22-19)9-20-4/h6,9,11-12,15,21H,5,7-8,10,19H2,1-4H3/t11?,12-,15-,18-/m0/s1. The topological polar surface area (TPSA) is 72.0 Å². The van der Waals surface area contributed by atoms with Crippen molar-refractivity contribution in [1.29, 1.82) is 0 Å². The third-order valence-corrected chi connectivity index (χ3v) is 6.62. The van der Waals surface area contributed by atoms with Crippen molar-refractivity contribution in [3.8, 4) is 0 Å². The number of nitrogens with two attached hydrogens (primary N) is 1. The van der Waals surface area contributed by atoms with Crippen molar-refractivity contribution in [2.24, 2.45) is 15.9 Å². The Labute approximate surface area is 148 Å². The molecule has 24 heavy (non-hydrogen) atoms. The summed E-state index contributed by atoms with van der Waals surface area (Å²) in [7, 11) is 1.75. The number of piperidine rings is 1. The van der Waals surface area contributed by atoms with E-state index in [-0.39, 0.29) is 11.6 Å². The molecule has 4 atom stereocenters. The van der Waals surface area contributed by atoms with E-state index in [9.17, 15) is 0 Å². The molecule has 3 rings (SSSR count). The molecule has 2 aliphatic rings. The quantitative estimate of drug-likeness (QED) is 0.501. The first-order chi connectivity index (χ1) is 11.5. The van der Waals surface area contributed by atoms with Crippen LogP contribution in [-0.4, -0.2) is 37.7 Å². The maximum absolute atomic E-state index is 6.51. The highest BCUT2D eigenvalue weighted by molar-refractivity contribution is 7.12. The molecule has 0 aliphatic carbocycles. The largest absolute Gasteiger partial charge is 0.369 e. The molecule has 0 saturated carbocycles. The van der Waals surface area contributed by atoms with Crippen molar-refractivity contribution in [2.45, 2.75) is 63.6 Å². The highest BCUT2D eigenvalue weighted by atomic mass is 32.1. The van der Waals surface area contributed by atoms with Gasteiger partial charge in [-0.05, 0) is 31.4 Å². The number of nitrogens with zero attached hydrogens (tertiary/aromatic N) is 2. The minimum atomic E-state index is -0.229. The van der Waals surface area contributed by atoms with Crippen LogP contribution in [0, 0.1) is 0 Å². The molecule has 1 unspecified atom stereocenters. The fourth-order valence-corrected chi connectivity index (χ4v) is 5.38. The molecule has 0 bridgehead atoms. The van der Waals surface area contributed by atoms with Gasteiger partial charge >= 0.3 is 0 Å². The summed E-state index contributed by atoms with van der Waals surface area (Å²) in [5, 5.41) is 7.57. The van der Waals surface area contributed by atoms with Gasteiger partial charge in [0.1, 0.15) is 5.60 Å². The Balaban J connectivity index is 2.00. The normalized spacial score (nSPS) is 34.0. The Hall–Kier alpha value is -1.24. The van der Waals surface area contributed by atoms with Crippen molar-refractivity contribution in [3.05, 3.63) is 21.4 Å². The van der Waals surface area contributed by atoms with E-state index in [0.717, 1.165) is 31.6 Å². The van der Waals surface area contributed by atoms with Crippen LogP contribution in [0.2, 0.25) is 0 Å². The Kier molecular flexibility index (Phi) is 5.08. The van der Waals surface area contributed by atoms with E-state index in [1.807, 2.05) is 11.3 Å². The molecule has 5 nitrogen and oxygen atoms in total. The van der Waals surface area contributed by atoms with E-state index in [1.54, 1.807) is 13.3 Å². The second-order valence-corrected chi connectivity index (χ2v) is 8.16. The number of rotatable bonds is 3. The number of aliphatic imine (C=N–C) groups is 1. The number of ether oxygens (including phenoxy) is 1. The van der Waals surface area contributed by atoms with Crippen molar-refractivity contribution in [2.75, 3.05) is 13.7 Å². The minimum Gasteiger partial charge on any atom is -0.369 e. The zero-order chi connectivity index (χ0) is 17.3. The lowest BCUT2D eigenvalue weighted by Gasteiger charge is -2.47. The monoisotopic (exact) mass is 348 g/mol. The van der Waals surface area contributed by atoms with Gasteiger partial charge in [-0.15, -0.1) is 11.3 Å². The van der Waals surface area contributed by atoms with E-state index in [2.05, 4.69) is 42.2 Å². The lowest BCUT2D eigenvalue weighted by Crippen LogP contribution is -2.56.